The van der Waals surface area contributed by atoms with Crippen molar-refractivity contribution in [2.45, 2.75) is 54.9 Å². The van der Waals surface area contributed by atoms with Gasteiger partial charge in [-0.15, -0.1) is 0 Å². The van der Waals surface area contributed by atoms with Gasteiger partial charge in [0.15, 0.2) is 12.5 Å². The first-order valence-electron chi connectivity index (χ1n) is 7.01. The lowest BCUT2D eigenvalue weighted by Crippen LogP contribution is -2.62. The molecular weight excluding hydrogens is 323 g/mol. The molecule has 136 valence electrons. The number of alkyl halides is 1. The summed E-state index contributed by atoms with van der Waals surface area (Å²) in [5, 5.41) is 66.3. The zero-order valence-corrected chi connectivity index (χ0v) is 12.0. The van der Waals surface area contributed by atoms with Gasteiger partial charge >= 0.3 is 0 Å². The molecule has 2 aliphatic heterocycles. The van der Waals surface area contributed by atoms with E-state index in [-0.39, 0.29) is 0 Å². The minimum Gasteiger partial charge on any atom is -0.394 e. The summed E-state index contributed by atoms with van der Waals surface area (Å²) in [6, 6.07) is 0. The molecule has 0 aromatic carbocycles. The Hall–Kier alpha value is -0.470. The minimum absolute atomic E-state index is 0.723. The predicted molar refractivity (Wildman–Crippen MR) is 67.5 cm³/mol. The molecule has 10 nitrogen and oxygen atoms in total. The molecule has 9 atom stereocenters. The van der Waals surface area contributed by atoms with Crippen LogP contribution in [0.4, 0.5) is 4.39 Å². The van der Waals surface area contributed by atoms with Gasteiger partial charge in [-0.25, -0.2) is 4.39 Å². The molecule has 0 aliphatic carbocycles. The molecule has 7 N–H and O–H groups in total. The molecule has 2 rings (SSSR count). The second-order valence-electron chi connectivity index (χ2n) is 5.52. The van der Waals surface area contributed by atoms with E-state index in [4.69, 9.17) is 24.4 Å². The second-order valence-corrected chi connectivity index (χ2v) is 5.52. The Bertz CT molecular complexity index is 398. The first-order chi connectivity index (χ1) is 10.8. The zero-order chi connectivity index (χ0) is 17.4. The quantitative estimate of drug-likeness (QED) is 0.258. The molecule has 0 amide bonds. The van der Waals surface area contributed by atoms with E-state index >= 15 is 0 Å². The molecular formula is C12H21FO10. The molecule has 2 heterocycles. The van der Waals surface area contributed by atoms with Crippen molar-refractivity contribution in [3.63, 3.8) is 0 Å². The summed E-state index contributed by atoms with van der Waals surface area (Å²) in [5.41, 5.74) is 0. The van der Waals surface area contributed by atoms with Crippen LogP contribution in [0.5, 0.6) is 0 Å². The standard InChI is InChI=1S/C12H21FO10/c13-10-7(18)5(2-15)22-12(10,3-16)23-11-9(20)8(19)6(17)4(1-14)21-11/h4-11,14-20H,1-3H2/t4-,5-,6-,7-,8+,9-,10+,11-,12+/m1/s1. The Morgan fingerprint density at radius 3 is 1.96 bits per heavy atom. The highest BCUT2D eigenvalue weighted by Crippen LogP contribution is 2.37. The van der Waals surface area contributed by atoms with Crippen molar-refractivity contribution in [1.82, 2.24) is 0 Å². The maximum Gasteiger partial charge on any atom is 0.229 e. The number of rotatable bonds is 5. The molecule has 2 aliphatic rings. The molecule has 0 aromatic heterocycles. The van der Waals surface area contributed by atoms with Gasteiger partial charge in [-0.3, -0.25) is 0 Å². The third kappa shape index (κ3) is 3.22. The fourth-order valence-electron chi connectivity index (χ4n) is 2.60. The largest absolute Gasteiger partial charge is 0.394 e. The van der Waals surface area contributed by atoms with Crippen LogP contribution < -0.4 is 0 Å². The number of hydrogen-bond acceptors (Lipinski definition) is 10. The lowest BCUT2D eigenvalue weighted by molar-refractivity contribution is -0.379. The molecule has 0 unspecified atom stereocenters. The number of aliphatic hydroxyl groups is 7. The van der Waals surface area contributed by atoms with Gasteiger partial charge < -0.3 is 50.0 Å². The van der Waals surface area contributed by atoms with Crippen molar-refractivity contribution in [3.05, 3.63) is 0 Å². The SMILES string of the molecule is OC[C@H]1O[C@@](CO)(O[C@H]2O[C@H](CO)[C@@H](O)[C@H](O)[C@H]2O)[C@@H](F)[C@@H]1O. The second kappa shape index (κ2) is 7.19. The van der Waals surface area contributed by atoms with Crippen LogP contribution in [0, 0.1) is 0 Å². The lowest BCUT2D eigenvalue weighted by atomic mass is 9.99. The number of aliphatic hydroxyl groups excluding tert-OH is 7. The van der Waals surface area contributed by atoms with E-state index in [1.165, 1.54) is 0 Å². The summed E-state index contributed by atoms with van der Waals surface area (Å²) in [5.74, 6) is -2.44. The maximum atomic E-state index is 14.2. The first-order valence-corrected chi connectivity index (χ1v) is 7.01. The number of ether oxygens (including phenoxy) is 3. The van der Waals surface area contributed by atoms with Crippen molar-refractivity contribution >= 4 is 0 Å². The van der Waals surface area contributed by atoms with Gasteiger partial charge in [-0.1, -0.05) is 0 Å². The third-order valence-corrected chi connectivity index (χ3v) is 4.02. The first kappa shape index (κ1) is 18.9. The van der Waals surface area contributed by atoms with Crippen LogP contribution in [0.25, 0.3) is 0 Å². The van der Waals surface area contributed by atoms with Crippen LogP contribution in [0.1, 0.15) is 0 Å². The van der Waals surface area contributed by atoms with Gasteiger partial charge in [-0.05, 0) is 0 Å². The normalized spacial score (nSPS) is 51.1. The Morgan fingerprint density at radius 1 is 0.870 bits per heavy atom. The summed E-state index contributed by atoms with van der Waals surface area (Å²) in [6.07, 6.45) is -13.7. The number of hydrogen-bond donors (Lipinski definition) is 7. The smallest absolute Gasteiger partial charge is 0.229 e. The molecule has 2 fully saturated rings. The fourth-order valence-corrected chi connectivity index (χ4v) is 2.60. The lowest BCUT2D eigenvalue weighted by Gasteiger charge is -2.42. The maximum absolute atomic E-state index is 14.2. The topological polar surface area (TPSA) is 169 Å². The third-order valence-electron chi connectivity index (χ3n) is 4.02. The average molecular weight is 344 g/mol. The van der Waals surface area contributed by atoms with Crippen molar-refractivity contribution < 1.29 is 54.3 Å². The fraction of sp³-hybridized carbons (Fsp3) is 1.00. The summed E-state index contributed by atoms with van der Waals surface area (Å²) in [7, 11) is 0. The van der Waals surface area contributed by atoms with Gasteiger partial charge in [0.25, 0.3) is 0 Å². The van der Waals surface area contributed by atoms with Crippen molar-refractivity contribution in [1.29, 1.82) is 0 Å². The van der Waals surface area contributed by atoms with E-state index in [2.05, 4.69) is 0 Å². The molecule has 2 saturated heterocycles. The molecule has 11 heteroatoms. The molecule has 0 spiro atoms. The van der Waals surface area contributed by atoms with Crippen LogP contribution in [-0.4, -0.2) is 110 Å². The van der Waals surface area contributed by atoms with E-state index in [1.54, 1.807) is 0 Å². The van der Waals surface area contributed by atoms with Crippen molar-refractivity contribution in [2.24, 2.45) is 0 Å². The Kier molecular flexibility index (Phi) is 5.90. The zero-order valence-electron chi connectivity index (χ0n) is 12.0. The van der Waals surface area contributed by atoms with Crippen molar-refractivity contribution in [2.75, 3.05) is 19.8 Å². The summed E-state index contributed by atoms with van der Waals surface area (Å²) < 4.78 is 29.4. The highest BCUT2D eigenvalue weighted by molar-refractivity contribution is 4.98. The highest BCUT2D eigenvalue weighted by Gasteiger charge is 2.59. The van der Waals surface area contributed by atoms with Gasteiger partial charge in [0.2, 0.25) is 5.79 Å². The Balaban J connectivity index is 2.18. The monoisotopic (exact) mass is 344 g/mol. The molecule has 0 saturated carbocycles. The Morgan fingerprint density at radius 2 is 1.48 bits per heavy atom. The summed E-state index contributed by atoms with van der Waals surface area (Å²) in [6.45, 7) is -2.56. The van der Waals surface area contributed by atoms with Crippen LogP contribution in [0.3, 0.4) is 0 Å². The van der Waals surface area contributed by atoms with Crippen LogP contribution in [0.15, 0.2) is 0 Å². The van der Waals surface area contributed by atoms with Crippen LogP contribution >= 0.6 is 0 Å². The van der Waals surface area contributed by atoms with Crippen LogP contribution in [-0.2, 0) is 14.2 Å². The molecule has 0 aromatic rings. The average Bonchev–Trinajstić information content (AvgIpc) is 2.80. The predicted octanol–water partition coefficient (Wildman–Crippen LogP) is -4.42. The Labute approximate surface area is 130 Å². The summed E-state index contributed by atoms with van der Waals surface area (Å²) in [4.78, 5) is 0. The van der Waals surface area contributed by atoms with Crippen molar-refractivity contribution in [3.8, 4) is 0 Å². The van der Waals surface area contributed by atoms with Crippen LogP contribution in [0.2, 0.25) is 0 Å². The van der Waals surface area contributed by atoms with E-state index in [1.807, 2.05) is 0 Å². The summed E-state index contributed by atoms with van der Waals surface area (Å²) >= 11 is 0. The highest BCUT2D eigenvalue weighted by atomic mass is 19.1. The van der Waals surface area contributed by atoms with Gasteiger partial charge in [0.1, 0.15) is 43.2 Å². The van der Waals surface area contributed by atoms with E-state index in [0.717, 1.165) is 0 Å². The molecule has 0 radical (unpaired) electrons. The number of halogens is 1. The minimum atomic E-state index is -2.44. The van der Waals surface area contributed by atoms with E-state index in [9.17, 15) is 29.9 Å². The molecule has 23 heavy (non-hydrogen) atoms. The van der Waals surface area contributed by atoms with E-state index in [0.29, 0.717) is 0 Å². The van der Waals surface area contributed by atoms with E-state index < -0.39 is 74.7 Å². The van der Waals surface area contributed by atoms with Gasteiger partial charge in [0, 0.05) is 0 Å². The van der Waals surface area contributed by atoms with Gasteiger partial charge in [0.05, 0.1) is 13.2 Å². The molecule has 0 bridgehead atoms. The van der Waals surface area contributed by atoms with Gasteiger partial charge in [-0.2, -0.15) is 0 Å².